The molecule has 0 N–H and O–H groups in total. The number of halogens is 1. The minimum absolute atomic E-state index is 0.649. The molecule has 0 saturated carbocycles. The van der Waals surface area contributed by atoms with Crippen molar-refractivity contribution in [2.24, 2.45) is 0 Å². The molecule has 0 aromatic rings. The highest BCUT2D eigenvalue weighted by Gasteiger charge is 1.86. The predicted molar refractivity (Wildman–Crippen MR) is 48.5 cm³/mol. The van der Waals surface area contributed by atoms with E-state index in [1.807, 2.05) is 13.8 Å². The summed E-state index contributed by atoms with van der Waals surface area (Å²) in [6, 6.07) is 0. The molecule has 0 saturated heterocycles. The van der Waals surface area contributed by atoms with E-state index in [4.69, 9.17) is 11.6 Å². The Morgan fingerprint density at radius 1 is 1.50 bits per heavy atom. The van der Waals surface area contributed by atoms with Crippen molar-refractivity contribution < 1.29 is 0 Å². The Morgan fingerprint density at radius 2 is 2.10 bits per heavy atom. The topological polar surface area (TPSA) is 0 Å². The van der Waals surface area contributed by atoms with Crippen LogP contribution in [-0.2, 0) is 0 Å². The molecule has 0 aliphatic heterocycles. The van der Waals surface area contributed by atoms with E-state index >= 15 is 0 Å². The van der Waals surface area contributed by atoms with Crippen molar-refractivity contribution in [1.82, 2.24) is 0 Å². The SMILES string of the molecule is C=C(C)CC/C=C(\C)CCl. The third-order valence-corrected chi connectivity index (χ3v) is 1.70. The predicted octanol–water partition coefficient (Wildman–Crippen LogP) is 3.53. The molecule has 0 aliphatic rings. The molecule has 0 aromatic heterocycles. The van der Waals surface area contributed by atoms with E-state index in [1.54, 1.807) is 0 Å². The van der Waals surface area contributed by atoms with E-state index in [1.165, 1.54) is 11.1 Å². The van der Waals surface area contributed by atoms with Crippen LogP contribution in [0.1, 0.15) is 26.7 Å². The van der Waals surface area contributed by atoms with Crippen LogP contribution in [0.25, 0.3) is 0 Å². The number of allylic oxidation sites excluding steroid dienone is 3. The molecule has 0 spiro atoms. The van der Waals surface area contributed by atoms with Crippen LogP contribution >= 0.6 is 11.6 Å². The van der Waals surface area contributed by atoms with E-state index < -0.39 is 0 Å². The second kappa shape index (κ2) is 5.55. The largest absolute Gasteiger partial charge is 0.122 e. The fourth-order valence-electron chi connectivity index (χ4n) is 0.620. The standard InChI is InChI=1S/C9H15Cl/c1-8(2)5-4-6-9(3)7-10/h6H,1,4-5,7H2,2-3H3/b9-6+. The number of rotatable bonds is 4. The Balaban J connectivity index is 3.43. The Kier molecular flexibility index (Phi) is 5.42. The van der Waals surface area contributed by atoms with Crippen LogP contribution in [0.2, 0.25) is 0 Å². The van der Waals surface area contributed by atoms with Gasteiger partial charge in [0, 0.05) is 5.88 Å². The van der Waals surface area contributed by atoms with E-state index in [0.717, 1.165) is 12.8 Å². The van der Waals surface area contributed by atoms with Gasteiger partial charge in [-0.1, -0.05) is 17.2 Å². The van der Waals surface area contributed by atoms with Crippen LogP contribution in [0, 0.1) is 0 Å². The summed E-state index contributed by atoms with van der Waals surface area (Å²) >= 11 is 5.58. The summed E-state index contributed by atoms with van der Waals surface area (Å²) in [5.74, 6) is 0.649. The minimum atomic E-state index is 0.649. The molecule has 0 fully saturated rings. The maximum Gasteiger partial charge on any atom is 0.0430 e. The van der Waals surface area contributed by atoms with Gasteiger partial charge in [0.2, 0.25) is 0 Å². The van der Waals surface area contributed by atoms with Crippen LogP contribution in [-0.4, -0.2) is 5.88 Å². The fourth-order valence-corrected chi connectivity index (χ4v) is 0.729. The molecule has 0 aromatic carbocycles. The molecular formula is C9H15Cl. The van der Waals surface area contributed by atoms with Crippen molar-refractivity contribution in [1.29, 1.82) is 0 Å². The summed E-state index contributed by atoms with van der Waals surface area (Å²) in [6.45, 7) is 7.91. The maximum atomic E-state index is 5.58. The Hall–Kier alpha value is -0.230. The van der Waals surface area contributed by atoms with Crippen molar-refractivity contribution in [3.05, 3.63) is 23.8 Å². The van der Waals surface area contributed by atoms with Gasteiger partial charge >= 0.3 is 0 Å². The van der Waals surface area contributed by atoms with Crippen LogP contribution < -0.4 is 0 Å². The van der Waals surface area contributed by atoms with Gasteiger partial charge in [-0.15, -0.1) is 18.2 Å². The van der Waals surface area contributed by atoms with Gasteiger partial charge < -0.3 is 0 Å². The van der Waals surface area contributed by atoms with Crippen molar-refractivity contribution in [3.8, 4) is 0 Å². The van der Waals surface area contributed by atoms with Crippen molar-refractivity contribution in [3.63, 3.8) is 0 Å². The van der Waals surface area contributed by atoms with Crippen LogP contribution in [0.4, 0.5) is 0 Å². The van der Waals surface area contributed by atoms with Crippen LogP contribution in [0.5, 0.6) is 0 Å². The van der Waals surface area contributed by atoms with Gasteiger partial charge in [0.05, 0.1) is 0 Å². The summed E-state index contributed by atoms with van der Waals surface area (Å²) in [4.78, 5) is 0. The Bertz CT molecular complexity index is 134. The molecule has 0 aliphatic carbocycles. The molecule has 0 atom stereocenters. The van der Waals surface area contributed by atoms with Gasteiger partial charge in [0.15, 0.2) is 0 Å². The third kappa shape index (κ3) is 5.90. The Labute approximate surface area is 68.6 Å². The molecule has 0 rings (SSSR count). The molecule has 0 nitrogen and oxygen atoms in total. The Morgan fingerprint density at radius 3 is 2.50 bits per heavy atom. The van der Waals surface area contributed by atoms with Gasteiger partial charge in [-0.05, 0) is 26.7 Å². The van der Waals surface area contributed by atoms with E-state index in [-0.39, 0.29) is 0 Å². The smallest absolute Gasteiger partial charge is 0.0430 e. The third-order valence-electron chi connectivity index (χ3n) is 1.27. The highest BCUT2D eigenvalue weighted by molar-refractivity contribution is 6.19. The van der Waals surface area contributed by atoms with Crippen molar-refractivity contribution >= 4 is 11.6 Å². The van der Waals surface area contributed by atoms with Gasteiger partial charge in [0.25, 0.3) is 0 Å². The van der Waals surface area contributed by atoms with E-state index in [2.05, 4.69) is 12.7 Å². The van der Waals surface area contributed by atoms with Gasteiger partial charge in [-0.2, -0.15) is 0 Å². The normalized spacial score (nSPS) is 11.7. The minimum Gasteiger partial charge on any atom is -0.122 e. The first-order valence-corrected chi connectivity index (χ1v) is 4.06. The van der Waals surface area contributed by atoms with E-state index in [0.29, 0.717) is 5.88 Å². The second-order valence-electron chi connectivity index (χ2n) is 2.68. The number of alkyl halides is 1. The molecule has 10 heavy (non-hydrogen) atoms. The lowest BCUT2D eigenvalue weighted by atomic mass is 10.1. The monoisotopic (exact) mass is 158 g/mol. The zero-order valence-corrected chi connectivity index (χ0v) is 7.54. The zero-order valence-electron chi connectivity index (χ0n) is 6.78. The lowest BCUT2D eigenvalue weighted by Crippen LogP contribution is -1.78. The van der Waals surface area contributed by atoms with Crippen molar-refractivity contribution in [2.45, 2.75) is 26.7 Å². The highest BCUT2D eigenvalue weighted by atomic mass is 35.5. The number of hydrogen-bond donors (Lipinski definition) is 0. The first-order chi connectivity index (χ1) is 4.66. The molecule has 0 amide bonds. The summed E-state index contributed by atoms with van der Waals surface area (Å²) in [5, 5.41) is 0. The molecule has 0 radical (unpaired) electrons. The summed E-state index contributed by atoms with van der Waals surface area (Å²) in [7, 11) is 0. The first kappa shape index (κ1) is 9.77. The van der Waals surface area contributed by atoms with Gasteiger partial charge in [-0.3, -0.25) is 0 Å². The molecule has 0 bridgehead atoms. The average molecular weight is 159 g/mol. The zero-order chi connectivity index (χ0) is 7.98. The van der Waals surface area contributed by atoms with E-state index in [9.17, 15) is 0 Å². The lowest BCUT2D eigenvalue weighted by molar-refractivity contribution is 0.973. The fraction of sp³-hybridized carbons (Fsp3) is 0.556. The quantitative estimate of drug-likeness (QED) is 0.434. The van der Waals surface area contributed by atoms with Crippen LogP contribution in [0.15, 0.2) is 23.8 Å². The second-order valence-corrected chi connectivity index (χ2v) is 2.95. The number of hydrogen-bond acceptors (Lipinski definition) is 0. The highest BCUT2D eigenvalue weighted by Crippen LogP contribution is 2.04. The van der Waals surface area contributed by atoms with Crippen molar-refractivity contribution in [2.75, 3.05) is 5.88 Å². The van der Waals surface area contributed by atoms with Gasteiger partial charge in [-0.25, -0.2) is 0 Å². The first-order valence-electron chi connectivity index (χ1n) is 3.52. The lowest BCUT2D eigenvalue weighted by Gasteiger charge is -1.95. The molecule has 58 valence electrons. The summed E-state index contributed by atoms with van der Waals surface area (Å²) < 4.78 is 0. The molecule has 0 heterocycles. The molecule has 0 unspecified atom stereocenters. The summed E-state index contributed by atoms with van der Waals surface area (Å²) in [6.07, 6.45) is 4.32. The molecular weight excluding hydrogens is 144 g/mol. The maximum absolute atomic E-state index is 5.58. The average Bonchev–Trinajstić information content (AvgIpc) is 1.87. The molecule has 1 heteroatoms. The van der Waals surface area contributed by atoms with Crippen LogP contribution in [0.3, 0.4) is 0 Å². The summed E-state index contributed by atoms with van der Waals surface area (Å²) in [5.41, 5.74) is 2.49. The van der Waals surface area contributed by atoms with Gasteiger partial charge in [0.1, 0.15) is 0 Å².